The predicted molar refractivity (Wildman–Crippen MR) is 106 cm³/mol. The standard InChI is InChI=1S/C22H25NO2S/c1-13-5-7-15(8-6-13)19-18(14(2)24)21-23(9-10-26-21)16-11-22(3,4)12-17(25)20(16)19/h5-8,19H,9-12H2,1-4H3/t19-/m1/s1. The third-order valence-electron chi connectivity index (χ3n) is 5.62. The van der Waals surface area contributed by atoms with Crippen LogP contribution >= 0.6 is 11.8 Å². The van der Waals surface area contributed by atoms with E-state index >= 15 is 0 Å². The first-order valence-corrected chi connectivity index (χ1v) is 10.3. The van der Waals surface area contributed by atoms with Crippen molar-refractivity contribution < 1.29 is 9.59 Å². The van der Waals surface area contributed by atoms with Crippen molar-refractivity contribution in [3.8, 4) is 0 Å². The van der Waals surface area contributed by atoms with Crippen molar-refractivity contribution in [2.75, 3.05) is 12.3 Å². The van der Waals surface area contributed by atoms with Gasteiger partial charge in [0.05, 0.1) is 5.03 Å². The van der Waals surface area contributed by atoms with Crippen molar-refractivity contribution >= 4 is 23.3 Å². The molecule has 4 heteroatoms. The third kappa shape index (κ3) is 2.75. The SMILES string of the molecule is CC(=O)C1=C2SCCN2C2=C(C(=O)CC(C)(C)C2)[C@@H]1c1ccc(C)cc1. The van der Waals surface area contributed by atoms with Gasteiger partial charge < -0.3 is 4.90 Å². The molecular weight excluding hydrogens is 342 g/mol. The van der Waals surface area contributed by atoms with Gasteiger partial charge in [-0.05, 0) is 31.2 Å². The highest BCUT2D eigenvalue weighted by molar-refractivity contribution is 8.03. The number of benzene rings is 1. The maximum absolute atomic E-state index is 13.2. The summed E-state index contributed by atoms with van der Waals surface area (Å²) >= 11 is 1.76. The maximum Gasteiger partial charge on any atom is 0.162 e. The van der Waals surface area contributed by atoms with E-state index in [4.69, 9.17) is 0 Å². The quantitative estimate of drug-likeness (QED) is 0.766. The molecule has 136 valence electrons. The van der Waals surface area contributed by atoms with E-state index in [-0.39, 0.29) is 22.9 Å². The average Bonchev–Trinajstić information content (AvgIpc) is 3.02. The topological polar surface area (TPSA) is 37.4 Å². The number of hydrogen-bond donors (Lipinski definition) is 0. The maximum atomic E-state index is 13.2. The molecule has 0 spiro atoms. The molecule has 2 aliphatic heterocycles. The minimum atomic E-state index is -0.219. The van der Waals surface area contributed by atoms with Gasteiger partial charge in [-0.25, -0.2) is 0 Å². The van der Waals surface area contributed by atoms with Crippen LogP contribution in [0.1, 0.15) is 50.7 Å². The van der Waals surface area contributed by atoms with Crippen molar-refractivity contribution in [2.45, 2.75) is 46.5 Å². The number of aryl methyl sites for hydroxylation is 1. The van der Waals surface area contributed by atoms with Crippen LogP contribution in [0.25, 0.3) is 0 Å². The zero-order valence-electron chi connectivity index (χ0n) is 15.9. The molecule has 2 heterocycles. The molecule has 4 rings (SSSR count). The number of allylic oxidation sites excluding steroid dienone is 3. The van der Waals surface area contributed by atoms with E-state index in [1.54, 1.807) is 18.7 Å². The van der Waals surface area contributed by atoms with E-state index in [9.17, 15) is 9.59 Å². The van der Waals surface area contributed by atoms with Crippen molar-refractivity contribution in [2.24, 2.45) is 5.41 Å². The van der Waals surface area contributed by atoms with Crippen molar-refractivity contribution in [3.05, 3.63) is 57.3 Å². The van der Waals surface area contributed by atoms with Gasteiger partial charge in [0.1, 0.15) is 0 Å². The Kier molecular flexibility index (Phi) is 4.14. The Morgan fingerprint density at radius 2 is 1.88 bits per heavy atom. The van der Waals surface area contributed by atoms with Gasteiger partial charge in [0.15, 0.2) is 11.6 Å². The number of ketones is 2. The monoisotopic (exact) mass is 367 g/mol. The molecule has 0 radical (unpaired) electrons. The van der Waals surface area contributed by atoms with E-state index in [1.165, 1.54) is 5.56 Å². The zero-order valence-corrected chi connectivity index (χ0v) is 16.7. The van der Waals surface area contributed by atoms with Crippen LogP contribution in [-0.4, -0.2) is 28.8 Å². The van der Waals surface area contributed by atoms with Crippen LogP contribution < -0.4 is 0 Å². The van der Waals surface area contributed by atoms with Crippen LogP contribution in [0.5, 0.6) is 0 Å². The summed E-state index contributed by atoms with van der Waals surface area (Å²) in [5, 5.41) is 1.08. The van der Waals surface area contributed by atoms with Gasteiger partial charge >= 0.3 is 0 Å². The Labute approximate surface area is 159 Å². The molecule has 0 unspecified atom stereocenters. The molecule has 1 saturated heterocycles. The van der Waals surface area contributed by atoms with Gasteiger partial charge in [-0.2, -0.15) is 0 Å². The Hall–Kier alpha value is -1.81. The molecule has 0 aromatic heterocycles. The number of Topliss-reactive ketones (excluding diaryl/α,β-unsaturated/α-hetero) is 2. The first-order valence-electron chi connectivity index (χ1n) is 9.27. The van der Waals surface area contributed by atoms with Crippen LogP contribution in [0.2, 0.25) is 0 Å². The van der Waals surface area contributed by atoms with Crippen LogP contribution in [0, 0.1) is 12.3 Å². The number of hydrogen-bond acceptors (Lipinski definition) is 4. The lowest BCUT2D eigenvalue weighted by Crippen LogP contribution is -2.39. The molecule has 0 saturated carbocycles. The molecule has 1 fully saturated rings. The minimum absolute atomic E-state index is 0.0279. The third-order valence-corrected chi connectivity index (χ3v) is 6.72. The minimum Gasteiger partial charge on any atom is -0.338 e. The molecule has 3 nitrogen and oxygen atoms in total. The Balaban J connectivity index is 1.96. The summed E-state index contributed by atoms with van der Waals surface area (Å²) in [6, 6.07) is 8.31. The Morgan fingerprint density at radius 3 is 2.54 bits per heavy atom. The molecule has 0 N–H and O–H groups in total. The average molecular weight is 368 g/mol. The fourth-order valence-electron chi connectivity index (χ4n) is 4.48. The lowest BCUT2D eigenvalue weighted by atomic mass is 9.68. The van der Waals surface area contributed by atoms with E-state index in [0.717, 1.165) is 46.2 Å². The summed E-state index contributed by atoms with van der Waals surface area (Å²) in [5.41, 5.74) is 5.04. The summed E-state index contributed by atoms with van der Waals surface area (Å²) in [4.78, 5) is 28.2. The zero-order chi connectivity index (χ0) is 18.6. The van der Waals surface area contributed by atoms with E-state index in [2.05, 4.69) is 49.9 Å². The summed E-state index contributed by atoms with van der Waals surface area (Å²) < 4.78 is 0. The number of carbonyl (C=O) groups is 2. The number of thioether (sulfide) groups is 1. The van der Waals surface area contributed by atoms with Crippen LogP contribution in [0.3, 0.4) is 0 Å². The lowest BCUT2D eigenvalue weighted by Gasteiger charge is -2.43. The highest BCUT2D eigenvalue weighted by Gasteiger charge is 2.46. The summed E-state index contributed by atoms with van der Waals surface area (Å²) in [7, 11) is 0. The van der Waals surface area contributed by atoms with Crippen molar-refractivity contribution in [1.29, 1.82) is 0 Å². The first-order chi connectivity index (χ1) is 12.3. The Morgan fingerprint density at radius 1 is 1.19 bits per heavy atom. The Bertz CT molecular complexity index is 861. The summed E-state index contributed by atoms with van der Waals surface area (Å²) in [6.45, 7) is 8.93. The van der Waals surface area contributed by atoms with Crippen molar-refractivity contribution in [1.82, 2.24) is 4.90 Å². The van der Waals surface area contributed by atoms with E-state index < -0.39 is 0 Å². The highest BCUT2D eigenvalue weighted by atomic mass is 32.2. The largest absolute Gasteiger partial charge is 0.338 e. The fourth-order valence-corrected chi connectivity index (χ4v) is 5.72. The smallest absolute Gasteiger partial charge is 0.162 e. The molecule has 3 aliphatic rings. The van der Waals surface area contributed by atoms with Crippen LogP contribution in [-0.2, 0) is 9.59 Å². The second-order valence-electron chi connectivity index (χ2n) is 8.42. The van der Waals surface area contributed by atoms with E-state index in [1.807, 2.05) is 0 Å². The summed E-state index contributed by atoms with van der Waals surface area (Å²) in [6.07, 6.45) is 1.45. The molecule has 0 amide bonds. The molecule has 26 heavy (non-hydrogen) atoms. The van der Waals surface area contributed by atoms with Gasteiger partial charge in [-0.3, -0.25) is 9.59 Å². The van der Waals surface area contributed by atoms with Crippen molar-refractivity contribution in [3.63, 3.8) is 0 Å². The summed E-state index contributed by atoms with van der Waals surface area (Å²) in [5.74, 6) is 1.03. The van der Waals surface area contributed by atoms with Gasteiger partial charge in [0, 0.05) is 41.5 Å². The van der Waals surface area contributed by atoms with Gasteiger partial charge in [0.2, 0.25) is 0 Å². The predicted octanol–water partition coefficient (Wildman–Crippen LogP) is 4.58. The highest BCUT2D eigenvalue weighted by Crippen LogP contribution is 2.53. The van der Waals surface area contributed by atoms with Gasteiger partial charge in [-0.1, -0.05) is 43.7 Å². The number of carbonyl (C=O) groups excluding carboxylic acids is 2. The molecular formula is C22H25NO2S. The fraction of sp³-hybridized carbons (Fsp3) is 0.455. The second-order valence-corrected chi connectivity index (χ2v) is 9.50. The number of nitrogens with zero attached hydrogens (tertiary/aromatic N) is 1. The molecule has 0 bridgehead atoms. The molecule has 1 aromatic rings. The lowest BCUT2D eigenvalue weighted by molar-refractivity contribution is -0.118. The molecule has 1 atom stereocenters. The van der Waals surface area contributed by atoms with Crippen LogP contribution in [0.4, 0.5) is 0 Å². The molecule has 1 aliphatic carbocycles. The number of fused-ring (bicyclic) bond motifs is 2. The number of rotatable bonds is 2. The first kappa shape index (κ1) is 17.6. The molecule has 1 aromatic carbocycles. The second kappa shape index (κ2) is 6.12. The van der Waals surface area contributed by atoms with E-state index in [0.29, 0.717) is 6.42 Å². The van der Waals surface area contributed by atoms with Gasteiger partial charge in [-0.15, -0.1) is 11.8 Å². The van der Waals surface area contributed by atoms with Gasteiger partial charge in [0.25, 0.3) is 0 Å². The normalized spacial score (nSPS) is 24.7. The van der Waals surface area contributed by atoms with Crippen LogP contribution in [0.15, 0.2) is 46.1 Å².